The largest absolute Gasteiger partial charge is 0.481 e. The van der Waals surface area contributed by atoms with E-state index >= 15 is 0 Å². The topological polar surface area (TPSA) is 38.3 Å². The van der Waals surface area contributed by atoms with Gasteiger partial charge in [-0.05, 0) is 56.0 Å². The molecule has 0 aliphatic carbocycles. The van der Waals surface area contributed by atoms with Crippen molar-refractivity contribution in [3.63, 3.8) is 0 Å². The van der Waals surface area contributed by atoms with Crippen molar-refractivity contribution in [1.82, 2.24) is 5.32 Å². The lowest BCUT2D eigenvalue weighted by Crippen LogP contribution is -2.38. The van der Waals surface area contributed by atoms with Gasteiger partial charge in [0.25, 0.3) is 5.91 Å². The SMILES string of the molecule is CC[C@@H](Oc1ccc(F)cc1)C(=O)NCCCc1ccc(C)cc1. The van der Waals surface area contributed by atoms with Crippen LogP contribution in [0.15, 0.2) is 48.5 Å². The van der Waals surface area contributed by atoms with Gasteiger partial charge in [-0.2, -0.15) is 0 Å². The van der Waals surface area contributed by atoms with Crippen molar-refractivity contribution in [1.29, 1.82) is 0 Å². The third kappa shape index (κ3) is 5.69. The summed E-state index contributed by atoms with van der Waals surface area (Å²) in [6.45, 7) is 4.56. The van der Waals surface area contributed by atoms with Crippen LogP contribution in [-0.2, 0) is 11.2 Å². The summed E-state index contributed by atoms with van der Waals surface area (Å²) in [5.41, 5.74) is 2.51. The second-order valence-corrected chi connectivity index (χ2v) is 5.85. The van der Waals surface area contributed by atoms with Crippen LogP contribution in [0.3, 0.4) is 0 Å². The predicted octanol–water partition coefficient (Wildman–Crippen LogP) is 4.04. The average molecular weight is 329 g/mol. The highest BCUT2D eigenvalue weighted by molar-refractivity contribution is 5.81. The number of carbonyl (C=O) groups is 1. The number of hydrogen-bond acceptors (Lipinski definition) is 2. The molecule has 1 N–H and O–H groups in total. The molecule has 0 aromatic heterocycles. The van der Waals surface area contributed by atoms with Crippen LogP contribution in [0.25, 0.3) is 0 Å². The fourth-order valence-electron chi connectivity index (χ4n) is 2.37. The maximum Gasteiger partial charge on any atom is 0.261 e. The maximum absolute atomic E-state index is 12.9. The van der Waals surface area contributed by atoms with E-state index in [2.05, 4.69) is 36.5 Å². The average Bonchev–Trinajstić information content (AvgIpc) is 2.59. The number of rotatable bonds is 8. The molecule has 0 heterocycles. The minimum absolute atomic E-state index is 0.134. The smallest absolute Gasteiger partial charge is 0.261 e. The number of aryl methyl sites for hydroxylation is 2. The molecule has 1 amide bonds. The summed E-state index contributed by atoms with van der Waals surface area (Å²) in [5, 5.41) is 2.91. The highest BCUT2D eigenvalue weighted by atomic mass is 19.1. The molecule has 128 valence electrons. The van der Waals surface area contributed by atoms with E-state index in [1.807, 2.05) is 6.92 Å². The van der Waals surface area contributed by atoms with Gasteiger partial charge >= 0.3 is 0 Å². The van der Waals surface area contributed by atoms with E-state index in [1.165, 1.54) is 35.4 Å². The molecule has 2 rings (SSSR count). The van der Waals surface area contributed by atoms with Crippen LogP contribution in [0, 0.1) is 12.7 Å². The van der Waals surface area contributed by atoms with Crippen LogP contribution in [0.2, 0.25) is 0 Å². The van der Waals surface area contributed by atoms with Crippen LogP contribution in [0.4, 0.5) is 4.39 Å². The number of amides is 1. The van der Waals surface area contributed by atoms with Crippen molar-refractivity contribution < 1.29 is 13.9 Å². The Bertz CT molecular complexity index is 638. The predicted molar refractivity (Wildman–Crippen MR) is 93.6 cm³/mol. The van der Waals surface area contributed by atoms with Crippen molar-refractivity contribution >= 4 is 5.91 Å². The van der Waals surface area contributed by atoms with Crippen LogP contribution >= 0.6 is 0 Å². The number of carbonyl (C=O) groups excluding carboxylic acids is 1. The van der Waals surface area contributed by atoms with E-state index in [-0.39, 0.29) is 11.7 Å². The number of halogens is 1. The second-order valence-electron chi connectivity index (χ2n) is 5.85. The molecule has 2 aromatic carbocycles. The molecule has 2 aromatic rings. The molecule has 1 atom stereocenters. The first-order valence-corrected chi connectivity index (χ1v) is 8.34. The monoisotopic (exact) mass is 329 g/mol. The van der Waals surface area contributed by atoms with E-state index in [0.717, 1.165) is 12.8 Å². The standard InChI is InChI=1S/C20H24FNO2/c1-3-19(24-18-12-10-17(21)11-13-18)20(23)22-14-4-5-16-8-6-15(2)7-9-16/h6-13,19H,3-5,14H2,1-2H3,(H,22,23)/t19-/m1/s1. The molecule has 24 heavy (non-hydrogen) atoms. The van der Waals surface area contributed by atoms with Gasteiger partial charge in [-0.3, -0.25) is 4.79 Å². The quantitative estimate of drug-likeness (QED) is 0.742. The zero-order valence-electron chi connectivity index (χ0n) is 14.2. The Morgan fingerprint density at radius 3 is 2.42 bits per heavy atom. The summed E-state index contributed by atoms with van der Waals surface area (Å²) in [6.07, 6.45) is 1.80. The lowest BCUT2D eigenvalue weighted by molar-refractivity contribution is -0.128. The Hall–Kier alpha value is -2.36. The van der Waals surface area contributed by atoms with Gasteiger partial charge in [0.1, 0.15) is 11.6 Å². The fourth-order valence-corrected chi connectivity index (χ4v) is 2.37. The molecule has 0 aliphatic rings. The first-order chi connectivity index (χ1) is 11.6. The first-order valence-electron chi connectivity index (χ1n) is 8.34. The summed E-state index contributed by atoms with van der Waals surface area (Å²) in [7, 11) is 0. The summed E-state index contributed by atoms with van der Waals surface area (Å²) in [4.78, 5) is 12.2. The molecular formula is C20H24FNO2. The summed E-state index contributed by atoms with van der Waals surface area (Å²) >= 11 is 0. The molecule has 0 saturated carbocycles. The van der Waals surface area contributed by atoms with Crippen LogP contribution in [0.1, 0.15) is 30.9 Å². The number of ether oxygens (including phenoxy) is 1. The van der Waals surface area contributed by atoms with Crippen molar-refractivity contribution in [3.8, 4) is 5.75 Å². The molecule has 3 nitrogen and oxygen atoms in total. The van der Waals surface area contributed by atoms with Gasteiger partial charge in [0.15, 0.2) is 6.10 Å². The summed E-state index contributed by atoms with van der Waals surface area (Å²) in [5.74, 6) is 0.0414. The van der Waals surface area contributed by atoms with E-state index in [1.54, 1.807) is 0 Å². The summed E-state index contributed by atoms with van der Waals surface area (Å²) in [6, 6.07) is 14.1. The minimum Gasteiger partial charge on any atom is -0.481 e. The molecular weight excluding hydrogens is 305 g/mol. The molecule has 0 fully saturated rings. The first kappa shape index (κ1) is 18.0. The molecule has 0 bridgehead atoms. The Morgan fingerprint density at radius 2 is 1.79 bits per heavy atom. The van der Waals surface area contributed by atoms with Gasteiger partial charge in [-0.15, -0.1) is 0 Å². The van der Waals surface area contributed by atoms with Crippen LogP contribution < -0.4 is 10.1 Å². The molecule has 0 aliphatic heterocycles. The molecule has 0 saturated heterocycles. The fraction of sp³-hybridized carbons (Fsp3) is 0.350. The zero-order valence-corrected chi connectivity index (χ0v) is 14.2. The minimum atomic E-state index is -0.560. The Labute approximate surface area is 142 Å². The Balaban J connectivity index is 1.75. The van der Waals surface area contributed by atoms with Gasteiger partial charge < -0.3 is 10.1 Å². The summed E-state index contributed by atoms with van der Waals surface area (Å²) < 4.78 is 18.5. The van der Waals surface area contributed by atoms with Gasteiger partial charge in [0.2, 0.25) is 0 Å². The molecule has 0 unspecified atom stereocenters. The van der Waals surface area contributed by atoms with E-state index in [4.69, 9.17) is 4.74 Å². The van der Waals surface area contributed by atoms with Gasteiger partial charge in [0, 0.05) is 6.54 Å². The van der Waals surface area contributed by atoms with Gasteiger partial charge in [-0.1, -0.05) is 36.8 Å². The van der Waals surface area contributed by atoms with Crippen molar-refractivity contribution in [2.75, 3.05) is 6.54 Å². The highest BCUT2D eigenvalue weighted by Crippen LogP contribution is 2.14. The van der Waals surface area contributed by atoms with Gasteiger partial charge in [0.05, 0.1) is 0 Å². The van der Waals surface area contributed by atoms with E-state index < -0.39 is 6.10 Å². The van der Waals surface area contributed by atoms with E-state index in [0.29, 0.717) is 18.7 Å². The van der Waals surface area contributed by atoms with E-state index in [9.17, 15) is 9.18 Å². The Morgan fingerprint density at radius 1 is 1.12 bits per heavy atom. The molecule has 0 radical (unpaired) electrons. The third-order valence-electron chi connectivity index (χ3n) is 3.82. The number of hydrogen-bond donors (Lipinski definition) is 1. The van der Waals surface area contributed by atoms with Crippen LogP contribution in [0.5, 0.6) is 5.75 Å². The third-order valence-corrected chi connectivity index (χ3v) is 3.82. The Kier molecular flexibility index (Phi) is 6.79. The normalized spacial score (nSPS) is 11.8. The van der Waals surface area contributed by atoms with Crippen molar-refractivity contribution in [3.05, 3.63) is 65.5 Å². The second kappa shape index (κ2) is 9.06. The lowest BCUT2D eigenvalue weighted by Gasteiger charge is -2.17. The number of nitrogens with one attached hydrogen (secondary N) is 1. The zero-order chi connectivity index (χ0) is 17.4. The highest BCUT2D eigenvalue weighted by Gasteiger charge is 2.17. The van der Waals surface area contributed by atoms with Gasteiger partial charge in [-0.25, -0.2) is 4.39 Å². The van der Waals surface area contributed by atoms with Crippen molar-refractivity contribution in [2.24, 2.45) is 0 Å². The molecule has 4 heteroatoms. The van der Waals surface area contributed by atoms with Crippen molar-refractivity contribution in [2.45, 2.75) is 39.2 Å². The molecule has 0 spiro atoms. The lowest BCUT2D eigenvalue weighted by atomic mass is 10.1. The van der Waals surface area contributed by atoms with Crippen LogP contribution in [-0.4, -0.2) is 18.6 Å². The number of benzene rings is 2. The maximum atomic E-state index is 12.9.